The van der Waals surface area contributed by atoms with Crippen LogP contribution in [0.5, 0.6) is 5.75 Å². The molecule has 36 heavy (non-hydrogen) atoms. The van der Waals surface area contributed by atoms with Crippen molar-refractivity contribution in [2.24, 2.45) is 7.05 Å². The molecule has 5 rings (SSSR count). The van der Waals surface area contributed by atoms with Crippen LogP contribution >= 0.6 is 0 Å². The highest BCUT2D eigenvalue weighted by Crippen LogP contribution is 2.31. The van der Waals surface area contributed by atoms with Crippen LogP contribution in [-0.2, 0) is 13.7 Å². The molecular formula is C31H30N4O. The second-order valence-electron chi connectivity index (χ2n) is 8.91. The Morgan fingerprint density at radius 3 is 1.58 bits per heavy atom. The molecule has 4 aromatic carbocycles. The maximum atomic E-state index is 5.94. The highest BCUT2D eigenvalue weighted by Gasteiger charge is 2.10. The first-order valence-corrected chi connectivity index (χ1v) is 11.9. The lowest BCUT2D eigenvalue weighted by Crippen LogP contribution is -2.09. The highest BCUT2D eigenvalue weighted by molar-refractivity contribution is 5.72. The van der Waals surface area contributed by atoms with Gasteiger partial charge in [0.1, 0.15) is 12.4 Å². The zero-order valence-electron chi connectivity index (χ0n) is 20.6. The van der Waals surface area contributed by atoms with Gasteiger partial charge in [0.2, 0.25) is 0 Å². The SMILES string of the molecule is CN(c1ccc(N)cc1)c1ccc(-c2ccc(-c3ccc(OCc4ccc(N)cc4)cc3)n2C)cc1. The molecule has 5 aromatic rings. The van der Waals surface area contributed by atoms with Gasteiger partial charge in [-0.3, -0.25) is 0 Å². The molecule has 0 aliphatic rings. The van der Waals surface area contributed by atoms with Crippen molar-refractivity contribution in [3.05, 3.63) is 115 Å². The minimum absolute atomic E-state index is 0.511. The summed E-state index contributed by atoms with van der Waals surface area (Å²) in [4.78, 5) is 2.15. The van der Waals surface area contributed by atoms with E-state index in [2.05, 4.69) is 72.1 Å². The maximum Gasteiger partial charge on any atom is 0.119 e. The quantitative estimate of drug-likeness (QED) is 0.253. The van der Waals surface area contributed by atoms with Crippen molar-refractivity contribution in [2.45, 2.75) is 6.61 Å². The third-order valence-corrected chi connectivity index (χ3v) is 6.49. The Kier molecular flexibility index (Phi) is 6.37. The van der Waals surface area contributed by atoms with Crippen LogP contribution < -0.4 is 21.1 Å². The van der Waals surface area contributed by atoms with Gasteiger partial charge in [0.15, 0.2) is 0 Å². The summed E-state index contributed by atoms with van der Waals surface area (Å²) in [5.41, 5.74) is 21.0. The molecular weight excluding hydrogens is 444 g/mol. The molecule has 0 bridgehead atoms. The van der Waals surface area contributed by atoms with Gasteiger partial charge < -0.3 is 25.7 Å². The van der Waals surface area contributed by atoms with Crippen LogP contribution in [0.25, 0.3) is 22.5 Å². The van der Waals surface area contributed by atoms with E-state index in [0.717, 1.165) is 51.0 Å². The van der Waals surface area contributed by atoms with E-state index in [4.69, 9.17) is 16.2 Å². The Hall–Kier alpha value is -4.64. The van der Waals surface area contributed by atoms with Gasteiger partial charge in [0.25, 0.3) is 0 Å². The second kappa shape index (κ2) is 9.92. The summed E-state index contributed by atoms with van der Waals surface area (Å²) in [5.74, 6) is 0.839. The lowest BCUT2D eigenvalue weighted by Gasteiger charge is -2.20. The number of hydrogen-bond acceptors (Lipinski definition) is 4. The molecule has 0 saturated carbocycles. The number of rotatable bonds is 7. The van der Waals surface area contributed by atoms with E-state index in [0.29, 0.717) is 6.61 Å². The van der Waals surface area contributed by atoms with Gasteiger partial charge in [-0.25, -0.2) is 0 Å². The van der Waals surface area contributed by atoms with Crippen molar-refractivity contribution < 1.29 is 4.74 Å². The number of nitrogen functional groups attached to an aromatic ring is 2. The number of nitrogens with two attached hydrogens (primary N) is 2. The number of nitrogens with zero attached hydrogens (tertiary/aromatic N) is 2. The largest absolute Gasteiger partial charge is 0.489 e. The summed E-state index contributed by atoms with van der Waals surface area (Å²) < 4.78 is 8.16. The van der Waals surface area contributed by atoms with Gasteiger partial charge >= 0.3 is 0 Å². The van der Waals surface area contributed by atoms with Crippen LogP contribution in [0.2, 0.25) is 0 Å². The fourth-order valence-corrected chi connectivity index (χ4v) is 4.30. The van der Waals surface area contributed by atoms with Gasteiger partial charge in [-0.15, -0.1) is 0 Å². The number of hydrogen-bond donors (Lipinski definition) is 2. The molecule has 5 nitrogen and oxygen atoms in total. The van der Waals surface area contributed by atoms with Crippen molar-refractivity contribution in [2.75, 3.05) is 23.4 Å². The average molecular weight is 475 g/mol. The van der Waals surface area contributed by atoms with Crippen LogP contribution in [-0.4, -0.2) is 11.6 Å². The molecule has 180 valence electrons. The van der Waals surface area contributed by atoms with Gasteiger partial charge in [0, 0.05) is 48.2 Å². The number of benzene rings is 4. The fourth-order valence-electron chi connectivity index (χ4n) is 4.30. The van der Waals surface area contributed by atoms with E-state index in [1.807, 2.05) is 60.7 Å². The number of aromatic nitrogens is 1. The second-order valence-corrected chi connectivity index (χ2v) is 8.91. The molecule has 0 amide bonds. The predicted octanol–water partition coefficient (Wildman–Crippen LogP) is 6.87. The molecule has 0 saturated heterocycles. The molecule has 4 N–H and O–H groups in total. The Morgan fingerprint density at radius 1 is 0.611 bits per heavy atom. The van der Waals surface area contributed by atoms with Crippen LogP contribution in [0.15, 0.2) is 109 Å². The summed E-state index contributed by atoms with van der Waals surface area (Å²) in [7, 11) is 4.16. The highest BCUT2D eigenvalue weighted by atomic mass is 16.5. The predicted molar refractivity (Wildman–Crippen MR) is 150 cm³/mol. The van der Waals surface area contributed by atoms with Crippen LogP contribution in [0.1, 0.15) is 5.56 Å². The Bertz CT molecular complexity index is 1440. The van der Waals surface area contributed by atoms with E-state index in [-0.39, 0.29) is 0 Å². The van der Waals surface area contributed by atoms with E-state index in [1.165, 1.54) is 5.56 Å². The number of ether oxygens (including phenoxy) is 1. The molecule has 0 unspecified atom stereocenters. The fraction of sp³-hybridized carbons (Fsp3) is 0.0968. The van der Waals surface area contributed by atoms with E-state index >= 15 is 0 Å². The summed E-state index contributed by atoms with van der Waals surface area (Å²) in [6, 6.07) is 36.8. The molecule has 0 aliphatic carbocycles. The maximum absolute atomic E-state index is 5.94. The van der Waals surface area contributed by atoms with E-state index in [1.54, 1.807) is 0 Å². The van der Waals surface area contributed by atoms with Gasteiger partial charge in [-0.05, 0) is 102 Å². The number of anilines is 4. The van der Waals surface area contributed by atoms with Crippen LogP contribution in [0.3, 0.4) is 0 Å². The Balaban J connectivity index is 1.28. The first kappa shape index (κ1) is 23.1. The first-order chi connectivity index (χ1) is 17.5. The third kappa shape index (κ3) is 4.91. The van der Waals surface area contributed by atoms with Gasteiger partial charge in [-0.1, -0.05) is 24.3 Å². The molecule has 0 fully saturated rings. The lowest BCUT2D eigenvalue weighted by atomic mass is 10.1. The molecule has 0 radical (unpaired) electrons. The van der Waals surface area contributed by atoms with Crippen LogP contribution in [0.4, 0.5) is 22.7 Å². The minimum Gasteiger partial charge on any atom is -0.489 e. The van der Waals surface area contributed by atoms with Crippen molar-refractivity contribution in [1.29, 1.82) is 0 Å². The summed E-state index contributed by atoms with van der Waals surface area (Å²) in [6.07, 6.45) is 0. The van der Waals surface area contributed by atoms with Crippen molar-refractivity contribution >= 4 is 22.7 Å². The van der Waals surface area contributed by atoms with E-state index < -0.39 is 0 Å². The van der Waals surface area contributed by atoms with Crippen molar-refractivity contribution in [3.63, 3.8) is 0 Å². The van der Waals surface area contributed by atoms with Crippen molar-refractivity contribution in [3.8, 4) is 28.3 Å². The summed E-state index contributed by atoms with van der Waals surface area (Å²) in [5, 5.41) is 0. The lowest BCUT2D eigenvalue weighted by molar-refractivity contribution is 0.306. The molecule has 1 aromatic heterocycles. The van der Waals surface area contributed by atoms with Crippen molar-refractivity contribution in [1.82, 2.24) is 4.57 Å². The monoisotopic (exact) mass is 474 g/mol. The first-order valence-electron chi connectivity index (χ1n) is 11.9. The summed E-state index contributed by atoms with van der Waals surface area (Å²) >= 11 is 0. The topological polar surface area (TPSA) is 69.4 Å². The Labute approximate surface area is 212 Å². The molecule has 5 heteroatoms. The Morgan fingerprint density at radius 2 is 1.06 bits per heavy atom. The van der Waals surface area contributed by atoms with Crippen LogP contribution in [0, 0.1) is 0 Å². The average Bonchev–Trinajstić information content (AvgIpc) is 3.30. The smallest absolute Gasteiger partial charge is 0.119 e. The van der Waals surface area contributed by atoms with E-state index in [9.17, 15) is 0 Å². The zero-order valence-corrected chi connectivity index (χ0v) is 20.6. The minimum atomic E-state index is 0.511. The third-order valence-electron chi connectivity index (χ3n) is 6.49. The summed E-state index contributed by atoms with van der Waals surface area (Å²) in [6.45, 7) is 0.511. The molecule has 0 spiro atoms. The zero-order chi connectivity index (χ0) is 25.1. The van der Waals surface area contributed by atoms with Gasteiger partial charge in [0.05, 0.1) is 0 Å². The van der Waals surface area contributed by atoms with Gasteiger partial charge in [-0.2, -0.15) is 0 Å². The normalized spacial score (nSPS) is 10.8. The molecule has 0 aliphatic heterocycles. The molecule has 0 atom stereocenters. The molecule has 1 heterocycles. The standard InChI is InChI=1S/C31H30N4O/c1-34(28-15-11-26(33)12-16-28)27-13-5-23(6-14-27)30-19-20-31(35(30)2)24-7-17-29(18-8-24)36-21-22-3-9-25(32)10-4-22/h3-20H,21,32-33H2,1-2H3.